The summed E-state index contributed by atoms with van der Waals surface area (Å²) in [7, 11) is 4.88. The van der Waals surface area contributed by atoms with Gasteiger partial charge in [0.15, 0.2) is 0 Å². The fourth-order valence-electron chi connectivity index (χ4n) is 2.39. The fraction of sp³-hybridized carbons (Fsp3) is 0.467. The minimum absolute atomic E-state index is 0.136. The van der Waals surface area contributed by atoms with Gasteiger partial charge in [0.2, 0.25) is 0 Å². The van der Waals surface area contributed by atoms with E-state index in [9.17, 15) is 26.3 Å². The number of hydrogen-bond donors (Lipinski definition) is 0. The van der Waals surface area contributed by atoms with Crippen molar-refractivity contribution in [3.63, 3.8) is 0 Å². The lowest BCUT2D eigenvalue weighted by Crippen LogP contribution is -2.28. The Labute approximate surface area is 130 Å². The second kappa shape index (κ2) is 5.65. The first kappa shape index (κ1) is 17.5. The van der Waals surface area contributed by atoms with Crippen LogP contribution in [0.4, 0.5) is 32.0 Å². The Morgan fingerprint density at radius 1 is 0.826 bits per heavy atom. The van der Waals surface area contributed by atoms with Crippen LogP contribution in [0.25, 0.3) is 0 Å². The predicted octanol–water partition coefficient (Wildman–Crippen LogP) is 4.73. The Morgan fingerprint density at radius 3 is 1.57 bits per heavy atom. The summed E-state index contributed by atoms with van der Waals surface area (Å²) in [5.74, 6) is 0.623. The highest BCUT2D eigenvalue weighted by molar-refractivity contribution is 5.57. The molecule has 128 valence electrons. The molecule has 23 heavy (non-hydrogen) atoms. The number of halogens is 6. The van der Waals surface area contributed by atoms with E-state index >= 15 is 0 Å². The lowest BCUT2D eigenvalue weighted by Gasteiger charge is -2.29. The average molecular weight is 338 g/mol. The van der Waals surface area contributed by atoms with Gasteiger partial charge in [-0.3, -0.25) is 0 Å². The standard InChI is InChI=1S/C15H16F6N2/c1-22(2)13(9-4-5-9)23(3)12-7-10(14(16,17)18)6-11(8-12)15(19,20)21/h6-8H,4-5H2,1-3H3. The molecular formula is C15H16F6N2. The van der Waals surface area contributed by atoms with Crippen LogP contribution in [0.2, 0.25) is 0 Å². The molecule has 0 radical (unpaired) electrons. The zero-order valence-electron chi connectivity index (χ0n) is 12.8. The number of allylic oxidation sites excluding steroid dienone is 1. The largest absolute Gasteiger partial charge is 0.416 e. The van der Waals surface area contributed by atoms with Crippen LogP contribution in [0.15, 0.2) is 29.6 Å². The first-order valence-electron chi connectivity index (χ1n) is 6.84. The van der Waals surface area contributed by atoms with Crippen LogP contribution in [-0.4, -0.2) is 26.0 Å². The number of anilines is 1. The van der Waals surface area contributed by atoms with E-state index in [0.29, 0.717) is 5.82 Å². The molecule has 0 amide bonds. The summed E-state index contributed by atoms with van der Waals surface area (Å²) in [6, 6.07) is 1.61. The SMILES string of the molecule is CN(C)C(=C1CC1)N(C)c1cc(C(F)(F)F)cc(C(F)(F)F)c1. The van der Waals surface area contributed by atoms with E-state index in [-0.39, 0.29) is 11.8 Å². The highest BCUT2D eigenvalue weighted by atomic mass is 19.4. The normalized spacial score (nSPS) is 14.7. The molecular weight excluding hydrogens is 322 g/mol. The Balaban J connectivity index is 2.56. The minimum atomic E-state index is -4.85. The van der Waals surface area contributed by atoms with Crippen LogP contribution >= 0.6 is 0 Å². The molecule has 8 heteroatoms. The van der Waals surface area contributed by atoms with Crippen molar-refractivity contribution in [3.8, 4) is 0 Å². The van der Waals surface area contributed by atoms with Gasteiger partial charge in [-0.1, -0.05) is 0 Å². The maximum Gasteiger partial charge on any atom is 0.416 e. The van der Waals surface area contributed by atoms with Crippen molar-refractivity contribution in [2.75, 3.05) is 26.0 Å². The van der Waals surface area contributed by atoms with Crippen LogP contribution < -0.4 is 4.90 Å². The third kappa shape index (κ3) is 3.92. The van der Waals surface area contributed by atoms with Gasteiger partial charge in [0.1, 0.15) is 5.82 Å². The van der Waals surface area contributed by atoms with E-state index in [1.165, 1.54) is 11.9 Å². The fourth-order valence-corrected chi connectivity index (χ4v) is 2.39. The predicted molar refractivity (Wildman–Crippen MR) is 74.8 cm³/mol. The van der Waals surface area contributed by atoms with Gasteiger partial charge in [-0.05, 0) is 36.6 Å². The van der Waals surface area contributed by atoms with E-state index in [4.69, 9.17) is 0 Å². The highest BCUT2D eigenvalue weighted by Gasteiger charge is 2.37. The zero-order valence-corrected chi connectivity index (χ0v) is 12.8. The lowest BCUT2D eigenvalue weighted by atomic mass is 10.1. The molecule has 1 fully saturated rings. The molecule has 0 atom stereocenters. The summed E-state index contributed by atoms with van der Waals surface area (Å²) in [5.41, 5.74) is -1.76. The molecule has 0 bridgehead atoms. The van der Waals surface area contributed by atoms with Crippen molar-refractivity contribution in [1.82, 2.24) is 4.90 Å². The van der Waals surface area contributed by atoms with Crippen molar-refractivity contribution < 1.29 is 26.3 Å². The molecule has 2 rings (SSSR count). The third-order valence-corrected chi connectivity index (χ3v) is 3.52. The quantitative estimate of drug-likeness (QED) is 0.736. The molecule has 0 heterocycles. The number of hydrogen-bond acceptors (Lipinski definition) is 2. The minimum Gasteiger partial charge on any atom is -0.364 e. The van der Waals surface area contributed by atoms with E-state index in [0.717, 1.165) is 30.5 Å². The van der Waals surface area contributed by atoms with Gasteiger partial charge in [0, 0.05) is 26.8 Å². The number of rotatable bonds is 3. The lowest BCUT2D eigenvalue weighted by molar-refractivity contribution is -0.143. The monoisotopic (exact) mass is 338 g/mol. The molecule has 1 aromatic rings. The van der Waals surface area contributed by atoms with Gasteiger partial charge in [0.25, 0.3) is 0 Å². The smallest absolute Gasteiger partial charge is 0.364 e. The summed E-state index contributed by atoms with van der Waals surface area (Å²) < 4.78 is 77.5. The molecule has 2 nitrogen and oxygen atoms in total. The van der Waals surface area contributed by atoms with E-state index in [2.05, 4.69) is 0 Å². The van der Waals surface area contributed by atoms with Crippen molar-refractivity contribution in [2.45, 2.75) is 25.2 Å². The Morgan fingerprint density at radius 2 is 1.26 bits per heavy atom. The average Bonchev–Trinajstić information content (AvgIpc) is 3.20. The molecule has 0 saturated heterocycles. The van der Waals surface area contributed by atoms with Crippen molar-refractivity contribution in [1.29, 1.82) is 0 Å². The van der Waals surface area contributed by atoms with Crippen molar-refractivity contribution in [2.24, 2.45) is 0 Å². The summed E-state index contributed by atoms with van der Waals surface area (Å²) in [6.45, 7) is 0. The van der Waals surface area contributed by atoms with Gasteiger partial charge in [0.05, 0.1) is 11.1 Å². The van der Waals surface area contributed by atoms with E-state index in [1.807, 2.05) is 0 Å². The van der Waals surface area contributed by atoms with E-state index < -0.39 is 23.5 Å². The van der Waals surface area contributed by atoms with Gasteiger partial charge >= 0.3 is 12.4 Å². The van der Waals surface area contributed by atoms with E-state index in [1.54, 1.807) is 19.0 Å². The summed E-state index contributed by atoms with van der Waals surface area (Å²) in [4.78, 5) is 3.06. The van der Waals surface area contributed by atoms with Crippen LogP contribution in [0.1, 0.15) is 24.0 Å². The topological polar surface area (TPSA) is 6.48 Å². The van der Waals surface area contributed by atoms with Gasteiger partial charge < -0.3 is 9.80 Å². The maximum absolute atomic E-state index is 12.9. The van der Waals surface area contributed by atoms with Gasteiger partial charge in [-0.25, -0.2) is 0 Å². The second-order valence-corrected chi connectivity index (χ2v) is 5.64. The number of nitrogens with zero attached hydrogens (tertiary/aromatic N) is 2. The molecule has 1 aromatic carbocycles. The van der Waals surface area contributed by atoms with Crippen molar-refractivity contribution in [3.05, 3.63) is 40.7 Å². The first-order valence-corrected chi connectivity index (χ1v) is 6.84. The zero-order chi connectivity index (χ0) is 17.6. The molecule has 1 saturated carbocycles. The molecule has 1 aliphatic carbocycles. The molecule has 0 spiro atoms. The molecule has 1 aliphatic rings. The Kier molecular flexibility index (Phi) is 4.30. The Bertz CT molecular complexity index is 590. The molecule has 0 N–H and O–H groups in total. The van der Waals surface area contributed by atoms with Crippen LogP contribution in [0.5, 0.6) is 0 Å². The summed E-state index contributed by atoms with van der Waals surface area (Å²) in [5, 5.41) is 0. The second-order valence-electron chi connectivity index (χ2n) is 5.64. The van der Waals surface area contributed by atoms with Gasteiger partial charge in [-0.15, -0.1) is 0 Å². The third-order valence-electron chi connectivity index (χ3n) is 3.52. The molecule has 0 aliphatic heterocycles. The molecule has 0 unspecified atom stereocenters. The summed E-state index contributed by atoms with van der Waals surface area (Å²) >= 11 is 0. The van der Waals surface area contributed by atoms with Crippen LogP contribution in [0.3, 0.4) is 0 Å². The van der Waals surface area contributed by atoms with Gasteiger partial charge in [-0.2, -0.15) is 26.3 Å². The summed E-state index contributed by atoms with van der Waals surface area (Å²) in [6.07, 6.45) is -8.10. The Hall–Kier alpha value is -1.86. The van der Waals surface area contributed by atoms with Crippen LogP contribution in [0, 0.1) is 0 Å². The van der Waals surface area contributed by atoms with Crippen LogP contribution in [-0.2, 0) is 12.4 Å². The number of benzene rings is 1. The first-order chi connectivity index (χ1) is 10.4. The highest BCUT2D eigenvalue weighted by Crippen LogP contribution is 2.40. The maximum atomic E-state index is 12.9. The van der Waals surface area contributed by atoms with Crippen molar-refractivity contribution >= 4 is 5.69 Å². The number of alkyl halides is 6. The molecule has 0 aromatic heterocycles.